The van der Waals surface area contributed by atoms with Crippen molar-refractivity contribution in [3.63, 3.8) is 0 Å². The van der Waals surface area contributed by atoms with Crippen LogP contribution in [0.3, 0.4) is 0 Å². The van der Waals surface area contributed by atoms with E-state index in [0.717, 1.165) is 36.6 Å². The lowest BCUT2D eigenvalue weighted by Crippen LogP contribution is -2.24. The van der Waals surface area contributed by atoms with Crippen molar-refractivity contribution < 1.29 is 4.42 Å². The average molecular weight is 219 g/mol. The predicted octanol–water partition coefficient (Wildman–Crippen LogP) is 1.45. The summed E-state index contributed by atoms with van der Waals surface area (Å²) in [5, 5.41) is 6.45. The van der Waals surface area contributed by atoms with E-state index in [-0.39, 0.29) is 0 Å². The number of aromatic nitrogens is 1. The van der Waals surface area contributed by atoms with E-state index < -0.39 is 0 Å². The van der Waals surface area contributed by atoms with Crippen LogP contribution in [0.5, 0.6) is 0 Å². The van der Waals surface area contributed by atoms with E-state index in [1.54, 1.807) is 0 Å². The maximum atomic E-state index is 5.48. The first-order valence-corrected chi connectivity index (χ1v) is 5.51. The Labute approximate surface area is 95.1 Å². The Hall–Kier alpha value is -1.39. The molecule has 1 aromatic heterocycles. The zero-order chi connectivity index (χ0) is 11.4. The molecule has 16 heavy (non-hydrogen) atoms. The molecule has 0 aliphatic carbocycles. The Morgan fingerprint density at radius 3 is 3.00 bits per heavy atom. The summed E-state index contributed by atoms with van der Waals surface area (Å²) >= 11 is 0. The second-order valence-corrected chi connectivity index (χ2v) is 3.82. The summed E-state index contributed by atoms with van der Waals surface area (Å²) in [6.45, 7) is 4.66. The molecule has 1 heterocycles. The van der Waals surface area contributed by atoms with Crippen molar-refractivity contribution in [2.24, 2.45) is 0 Å². The van der Waals surface area contributed by atoms with Gasteiger partial charge in [0.1, 0.15) is 5.52 Å². The monoisotopic (exact) mass is 219 g/mol. The summed E-state index contributed by atoms with van der Waals surface area (Å²) in [6, 6.07) is 6.12. The van der Waals surface area contributed by atoms with Gasteiger partial charge in [-0.2, -0.15) is 0 Å². The quantitative estimate of drug-likeness (QED) is 0.747. The van der Waals surface area contributed by atoms with Gasteiger partial charge < -0.3 is 15.1 Å². The van der Waals surface area contributed by atoms with E-state index in [0.29, 0.717) is 0 Å². The van der Waals surface area contributed by atoms with Crippen LogP contribution in [0.15, 0.2) is 22.6 Å². The molecule has 0 aliphatic rings. The van der Waals surface area contributed by atoms with Gasteiger partial charge in [-0.25, -0.2) is 4.98 Å². The van der Waals surface area contributed by atoms with Gasteiger partial charge in [0.25, 0.3) is 0 Å². The van der Waals surface area contributed by atoms with Gasteiger partial charge in [0.15, 0.2) is 11.5 Å². The molecule has 4 heteroatoms. The van der Waals surface area contributed by atoms with Crippen molar-refractivity contribution >= 4 is 11.1 Å². The van der Waals surface area contributed by atoms with Crippen LogP contribution in [0.2, 0.25) is 0 Å². The molecule has 0 radical (unpaired) electrons. The number of likely N-dealkylation sites (N-methyl/N-ethyl adjacent to an activating group) is 1. The molecular formula is C12H17N3O. The van der Waals surface area contributed by atoms with E-state index >= 15 is 0 Å². The molecule has 0 saturated carbocycles. The number of fused-ring (bicyclic) bond motifs is 1. The van der Waals surface area contributed by atoms with Gasteiger partial charge in [-0.05, 0) is 24.7 Å². The van der Waals surface area contributed by atoms with Gasteiger partial charge in [-0.3, -0.25) is 0 Å². The summed E-state index contributed by atoms with van der Waals surface area (Å²) in [6.07, 6.45) is 0. The number of oxazole rings is 1. The van der Waals surface area contributed by atoms with Crippen molar-refractivity contribution in [1.82, 2.24) is 15.6 Å². The lowest BCUT2D eigenvalue weighted by molar-refractivity contribution is 0.560. The number of nitrogens with one attached hydrogen (secondary N) is 2. The Kier molecular flexibility index (Phi) is 3.54. The van der Waals surface area contributed by atoms with Crippen LogP contribution in [0.1, 0.15) is 11.5 Å². The first-order valence-electron chi connectivity index (χ1n) is 5.51. The van der Waals surface area contributed by atoms with Crippen LogP contribution in [-0.4, -0.2) is 25.1 Å². The number of aryl methyl sites for hydroxylation is 1. The number of rotatable bonds is 5. The Morgan fingerprint density at radius 1 is 1.31 bits per heavy atom. The Bertz CT molecular complexity index is 464. The molecule has 1 aromatic carbocycles. The molecule has 86 valence electrons. The molecule has 2 rings (SSSR count). The van der Waals surface area contributed by atoms with Crippen molar-refractivity contribution in [3.8, 4) is 0 Å². The van der Waals surface area contributed by atoms with E-state index in [9.17, 15) is 0 Å². The second-order valence-electron chi connectivity index (χ2n) is 3.82. The van der Waals surface area contributed by atoms with Crippen LogP contribution >= 0.6 is 0 Å². The summed E-state index contributed by atoms with van der Waals surface area (Å²) < 4.78 is 5.48. The lowest BCUT2D eigenvalue weighted by atomic mass is 10.2. The molecular weight excluding hydrogens is 202 g/mol. The van der Waals surface area contributed by atoms with Crippen LogP contribution in [0.4, 0.5) is 0 Å². The molecule has 4 nitrogen and oxygen atoms in total. The van der Waals surface area contributed by atoms with Crippen LogP contribution < -0.4 is 10.6 Å². The van der Waals surface area contributed by atoms with Gasteiger partial charge in [0.05, 0.1) is 0 Å². The minimum Gasteiger partial charge on any atom is -0.441 e. The zero-order valence-corrected chi connectivity index (χ0v) is 9.71. The highest BCUT2D eigenvalue weighted by Crippen LogP contribution is 2.16. The Balaban J connectivity index is 2.02. The molecule has 2 N–H and O–H groups in total. The van der Waals surface area contributed by atoms with Crippen molar-refractivity contribution in [2.45, 2.75) is 13.5 Å². The minimum absolute atomic E-state index is 0.718. The van der Waals surface area contributed by atoms with Gasteiger partial charge in [-0.15, -0.1) is 0 Å². The molecule has 0 unspecified atom stereocenters. The maximum absolute atomic E-state index is 5.48. The van der Waals surface area contributed by atoms with E-state index in [4.69, 9.17) is 4.42 Å². The third-order valence-corrected chi connectivity index (χ3v) is 2.44. The standard InChI is InChI=1S/C12H17N3O/c1-9-15-11-4-3-10(7-12(11)16-9)8-14-6-5-13-2/h3-4,7,13-14H,5-6,8H2,1-2H3. The molecule has 2 aromatic rings. The van der Waals surface area contributed by atoms with Crippen molar-refractivity contribution in [3.05, 3.63) is 29.7 Å². The highest BCUT2D eigenvalue weighted by atomic mass is 16.3. The third kappa shape index (κ3) is 2.59. The van der Waals surface area contributed by atoms with Gasteiger partial charge in [0.2, 0.25) is 0 Å². The molecule has 0 fully saturated rings. The number of hydrogen-bond donors (Lipinski definition) is 2. The summed E-state index contributed by atoms with van der Waals surface area (Å²) in [7, 11) is 1.95. The van der Waals surface area contributed by atoms with E-state index in [1.807, 2.05) is 26.1 Å². The van der Waals surface area contributed by atoms with Crippen molar-refractivity contribution in [2.75, 3.05) is 20.1 Å². The van der Waals surface area contributed by atoms with Gasteiger partial charge >= 0.3 is 0 Å². The number of hydrogen-bond acceptors (Lipinski definition) is 4. The van der Waals surface area contributed by atoms with Crippen LogP contribution in [0, 0.1) is 6.92 Å². The first kappa shape index (κ1) is 11.1. The molecule has 0 atom stereocenters. The maximum Gasteiger partial charge on any atom is 0.192 e. The fourth-order valence-corrected chi connectivity index (χ4v) is 1.64. The molecule has 0 saturated heterocycles. The van der Waals surface area contributed by atoms with Crippen LogP contribution in [0.25, 0.3) is 11.1 Å². The van der Waals surface area contributed by atoms with Gasteiger partial charge in [0, 0.05) is 26.6 Å². The summed E-state index contributed by atoms with van der Waals surface area (Å²) in [4.78, 5) is 4.27. The second kappa shape index (κ2) is 5.09. The zero-order valence-electron chi connectivity index (χ0n) is 9.71. The minimum atomic E-state index is 0.718. The molecule has 0 bridgehead atoms. The summed E-state index contributed by atoms with van der Waals surface area (Å²) in [5.41, 5.74) is 3.02. The largest absolute Gasteiger partial charge is 0.441 e. The lowest BCUT2D eigenvalue weighted by Gasteiger charge is -2.03. The predicted molar refractivity (Wildman–Crippen MR) is 64.4 cm³/mol. The van der Waals surface area contributed by atoms with Gasteiger partial charge in [-0.1, -0.05) is 6.07 Å². The average Bonchev–Trinajstić information content (AvgIpc) is 2.64. The third-order valence-electron chi connectivity index (χ3n) is 2.44. The van der Waals surface area contributed by atoms with E-state index in [1.165, 1.54) is 5.56 Å². The SMILES string of the molecule is CNCCNCc1ccc2nc(C)oc2c1. The number of benzene rings is 1. The Morgan fingerprint density at radius 2 is 2.19 bits per heavy atom. The highest BCUT2D eigenvalue weighted by Gasteiger charge is 2.02. The first-order chi connectivity index (χ1) is 7.79. The van der Waals surface area contributed by atoms with Crippen molar-refractivity contribution in [1.29, 1.82) is 0 Å². The fourth-order valence-electron chi connectivity index (χ4n) is 1.64. The number of nitrogens with zero attached hydrogens (tertiary/aromatic N) is 1. The normalized spacial score (nSPS) is 11.1. The van der Waals surface area contributed by atoms with Crippen LogP contribution in [-0.2, 0) is 6.54 Å². The van der Waals surface area contributed by atoms with E-state index in [2.05, 4.69) is 21.7 Å². The molecule has 0 amide bonds. The summed E-state index contributed by atoms with van der Waals surface area (Å²) in [5.74, 6) is 0.718. The fraction of sp³-hybridized carbons (Fsp3) is 0.417. The molecule has 0 spiro atoms. The smallest absolute Gasteiger partial charge is 0.192 e. The molecule has 0 aliphatic heterocycles. The highest BCUT2D eigenvalue weighted by molar-refractivity contribution is 5.73. The topological polar surface area (TPSA) is 50.1 Å².